The average Bonchev–Trinajstić information content (AvgIpc) is 3.10. The Morgan fingerprint density at radius 1 is 1.35 bits per heavy atom. The van der Waals surface area contributed by atoms with Gasteiger partial charge in [-0.2, -0.15) is 0 Å². The van der Waals surface area contributed by atoms with E-state index in [2.05, 4.69) is 15.6 Å². The van der Waals surface area contributed by atoms with E-state index in [0.717, 1.165) is 16.3 Å². The van der Waals surface area contributed by atoms with E-state index in [4.69, 9.17) is 0 Å². The van der Waals surface area contributed by atoms with E-state index in [0.29, 0.717) is 6.54 Å². The molecule has 6 heteroatoms. The molecule has 5 nitrogen and oxygen atoms in total. The van der Waals surface area contributed by atoms with Gasteiger partial charge in [0.15, 0.2) is 0 Å². The summed E-state index contributed by atoms with van der Waals surface area (Å²) in [6.45, 7) is 0.419. The first-order valence-corrected chi connectivity index (χ1v) is 7.18. The summed E-state index contributed by atoms with van der Waals surface area (Å²) in [5.74, 6) is -0.462. The van der Waals surface area contributed by atoms with Gasteiger partial charge in [-0.05, 0) is 24.3 Å². The van der Waals surface area contributed by atoms with Crippen LogP contribution in [0.25, 0.3) is 10.6 Å². The molecule has 1 unspecified atom stereocenters. The van der Waals surface area contributed by atoms with Crippen LogP contribution >= 0.6 is 11.3 Å². The summed E-state index contributed by atoms with van der Waals surface area (Å²) >= 11 is 1.57. The van der Waals surface area contributed by atoms with Crippen LogP contribution < -0.4 is 10.6 Å². The van der Waals surface area contributed by atoms with Crippen LogP contribution in [0.15, 0.2) is 35.8 Å². The molecule has 2 N–H and O–H groups in total. The molecule has 1 aliphatic heterocycles. The fourth-order valence-electron chi connectivity index (χ4n) is 2.10. The van der Waals surface area contributed by atoms with Gasteiger partial charge in [-0.1, -0.05) is 0 Å². The number of hydrogen-bond donors (Lipinski definition) is 2. The second-order valence-corrected chi connectivity index (χ2v) is 5.50. The smallest absolute Gasteiger partial charge is 0.229 e. The average molecular weight is 287 g/mol. The lowest BCUT2D eigenvalue weighted by molar-refractivity contribution is -0.123. The second-order valence-electron chi connectivity index (χ2n) is 4.61. The molecule has 20 heavy (non-hydrogen) atoms. The number of thiazole rings is 1. The van der Waals surface area contributed by atoms with Crippen molar-refractivity contribution in [3.05, 3.63) is 35.8 Å². The van der Waals surface area contributed by atoms with Gasteiger partial charge in [0, 0.05) is 35.8 Å². The highest BCUT2D eigenvalue weighted by atomic mass is 32.1. The summed E-state index contributed by atoms with van der Waals surface area (Å²) in [5, 5.41) is 8.36. The van der Waals surface area contributed by atoms with E-state index in [1.807, 2.05) is 29.6 Å². The minimum Gasteiger partial charge on any atom is -0.355 e. The lowest BCUT2D eigenvalue weighted by atomic mass is 10.1. The van der Waals surface area contributed by atoms with Gasteiger partial charge in [0.1, 0.15) is 5.01 Å². The number of carbonyl (C=O) groups excluding carboxylic acids is 2. The number of nitrogens with zero attached hydrogens (tertiary/aromatic N) is 1. The largest absolute Gasteiger partial charge is 0.355 e. The molecule has 0 saturated carbocycles. The van der Waals surface area contributed by atoms with Crippen molar-refractivity contribution in [2.45, 2.75) is 6.42 Å². The topological polar surface area (TPSA) is 71.1 Å². The zero-order valence-electron chi connectivity index (χ0n) is 10.6. The third-order valence-electron chi connectivity index (χ3n) is 3.18. The molecule has 102 valence electrons. The van der Waals surface area contributed by atoms with Gasteiger partial charge in [-0.3, -0.25) is 9.59 Å². The molecule has 1 aliphatic rings. The number of anilines is 1. The van der Waals surface area contributed by atoms with Gasteiger partial charge in [0.05, 0.1) is 5.92 Å². The Balaban J connectivity index is 1.66. The molecule has 2 heterocycles. The molecule has 0 bridgehead atoms. The quantitative estimate of drug-likeness (QED) is 0.905. The monoisotopic (exact) mass is 287 g/mol. The molecule has 1 atom stereocenters. The van der Waals surface area contributed by atoms with Crippen molar-refractivity contribution in [1.82, 2.24) is 10.3 Å². The van der Waals surface area contributed by atoms with Crippen LogP contribution in [0.5, 0.6) is 0 Å². The molecule has 1 fully saturated rings. The number of amides is 2. The van der Waals surface area contributed by atoms with Crippen molar-refractivity contribution in [3.63, 3.8) is 0 Å². The highest BCUT2D eigenvalue weighted by molar-refractivity contribution is 7.13. The Labute approximate surface area is 120 Å². The van der Waals surface area contributed by atoms with E-state index in [9.17, 15) is 9.59 Å². The standard InChI is InChI=1S/C14H13N3O2S/c18-12-7-10(8-16-12)13(19)17-11-3-1-9(2-4-11)14-15-5-6-20-14/h1-6,10H,7-8H2,(H,16,18)(H,17,19). The van der Waals surface area contributed by atoms with E-state index in [1.54, 1.807) is 17.5 Å². The summed E-state index contributed by atoms with van der Waals surface area (Å²) < 4.78 is 0. The Bertz CT molecular complexity index is 622. The predicted octanol–water partition coefficient (Wildman–Crippen LogP) is 1.88. The van der Waals surface area contributed by atoms with Crippen molar-refractivity contribution in [3.8, 4) is 10.6 Å². The number of rotatable bonds is 3. The van der Waals surface area contributed by atoms with Gasteiger partial charge >= 0.3 is 0 Å². The fourth-order valence-corrected chi connectivity index (χ4v) is 2.74. The lowest BCUT2D eigenvalue weighted by Gasteiger charge is -2.09. The summed E-state index contributed by atoms with van der Waals surface area (Å²) in [5.41, 5.74) is 1.75. The lowest BCUT2D eigenvalue weighted by Crippen LogP contribution is -2.24. The number of benzene rings is 1. The summed E-state index contributed by atoms with van der Waals surface area (Å²) in [6, 6.07) is 7.54. The van der Waals surface area contributed by atoms with Crippen molar-refractivity contribution >= 4 is 28.8 Å². The SMILES string of the molecule is O=C1CC(C(=O)Nc2ccc(-c3nccs3)cc2)CN1. The van der Waals surface area contributed by atoms with Crippen LogP contribution in [-0.4, -0.2) is 23.3 Å². The molecule has 1 saturated heterocycles. The summed E-state index contributed by atoms with van der Waals surface area (Å²) in [4.78, 5) is 27.3. The molecule has 0 radical (unpaired) electrons. The van der Waals surface area contributed by atoms with Gasteiger partial charge < -0.3 is 10.6 Å². The number of aromatic nitrogens is 1. The third-order valence-corrected chi connectivity index (χ3v) is 4.00. The maximum atomic E-state index is 12.0. The van der Waals surface area contributed by atoms with Crippen molar-refractivity contribution in [1.29, 1.82) is 0 Å². The van der Waals surface area contributed by atoms with E-state index >= 15 is 0 Å². The highest BCUT2D eigenvalue weighted by Gasteiger charge is 2.27. The van der Waals surface area contributed by atoms with Crippen LogP contribution in [0.1, 0.15) is 6.42 Å². The predicted molar refractivity (Wildman–Crippen MR) is 77.3 cm³/mol. The summed E-state index contributed by atoms with van der Waals surface area (Å²) in [7, 11) is 0. The molecule has 1 aromatic heterocycles. The Hall–Kier alpha value is -2.21. The van der Waals surface area contributed by atoms with Crippen molar-refractivity contribution < 1.29 is 9.59 Å². The van der Waals surface area contributed by atoms with Crippen LogP contribution in [0.2, 0.25) is 0 Å². The number of nitrogens with one attached hydrogen (secondary N) is 2. The normalized spacial score (nSPS) is 17.8. The molecule has 2 aromatic rings. The Morgan fingerprint density at radius 2 is 2.15 bits per heavy atom. The first-order valence-electron chi connectivity index (χ1n) is 6.30. The minimum absolute atomic E-state index is 0.0655. The molecule has 3 rings (SSSR count). The molecular formula is C14H13N3O2S. The van der Waals surface area contributed by atoms with Gasteiger partial charge in [-0.15, -0.1) is 11.3 Å². The molecular weight excluding hydrogens is 274 g/mol. The van der Waals surface area contributed by atoms with E-state index < -0.39 is 0 Å². The van der Waals surface area contributed by atoms with Gasteiger partial charge in [0.25, 0.3) is 0 Å². The Kier molecular flexibility index (Phi) is 3.47. The molecule has 2 amide bonds. The minimum atomic E-state index is -0.277. The molecule has 0 spiro atoms. The van der Waals surface area contributed by atoms with Crippen LogP contribution in [-0.2, 0) is 9.59 Å². The maximum Gasteiger partial charge on any atom is 0.229 e. The van der Waals surface area contributed by atoms with Crippen LogP contribution in [0.3, 0.4) is 0 Å². The van der Waals surface area contributed by atoms with Crippen LogP contribution in [0.4, 0.5) is 5.69 Å². The van der Waals surface area contributed by atoms with Gasteiger partial charge in [-0.25, -0.2) is 4.98 Å². The van der Waals surface area contributed by atoms with Crippen molar-refractivity contribution in [2.24, 2.45) is 5.92 Å². The van der Waals surface area contributed by atoms with Crippen LogP contribution in [0, 0.1) is 5.92 Å². The number of carbonyl (C=O) groups is 2. The first kappa shape index (κ1) is 12.8. The third kappa shape index (κ3) is 2.70. The van der Waals surface area contributed by atoms with E-state index in [-0.39, 0.29) is 24.2 Å². The van der Waals surface area contributed by atoms with Crippen molar-refractivity contribution in [2.75, 3.05) is 11.9 Å². The van der Waals surface area contributed by atoms with E-state index in [1.165, 1.54) is 0 Å². The second kappa shape index (κ2) is 5.42. The molecule has 0 aliphatic carbocycles. The highest BCUT2D eigenvalue weighted by Crippen LogP contribution is 2.23. The number of hydrogen-bond acceptors (Lipinski definition) is 4. The fraction of sp³-hybridized carbons (Fsp3) is 0.214. The summed E-state index contributed by atoms with van der Waals surface area (Å²) in [6.07, 6.45) is 2.03. The zero-order valence-corrected chi connectivity index (χ0v) is 11.4. The maximum absolute atomic E-state index is 12.0. The Morgan fingerprint density at radius 3 is 2.75 bits per heavy atom. The molecule has 1 aromatic carbocycles. The zero-order chi connectivity index (χ0) is 13.9. The first-order chi connectivity index (χ1) is 9.72. The van der Waals surface area contributed by atoms with Gasteiger partial charge in [0.2, 0.25) is 11.8 Å².